The predicted molar refractivity (Wildman–Crippen MR) is 84.9 cm³/mol. The van der Waals surface area contributed by atoms with Gasteiger partial charge < -0.3 is 10.7 Å². The summed E-state index contributed by atoms with van der Waals surface area (Å²) in [7, 11) is 0. The lowest BCUT2D eigenvalue weighted by Gasteiger charge is -2.04. The van der Waals surface area contributed by atoms with Gasteiger partial charge in [-0.3, -0.25) is 5.41 Å². The largest absolute Gasteiger partial charge is 0.384 e. The van der Waals surface area contributed by atoms with Crippen LogP contribution in [0.4, 0.5) is 0 Å². The van der Waals surface area contributed by atoms with Gasteiger partial charge >= 0.3 is 0 Å². The maximum absolute atomic E-state index is 7.40. The summed E-state index contributed by atoms with van der Waals surface area (Å²) in [6, 6.07) is 15.6. The molecule has 0 amide bonds. The van der Waals surface area contributed by atoms with E-state index in [9.17, 15) is 0 Å². The van der Waals surface area contributed by atoms with Crippen LogP contribution in [0.3, 0.4) is 0 Å². The Labute approximate surface area is 125 Å². The molecule has 0 aliphatic rings. The van der Waals surface area contributed by atoms with Crippen molar-refractivity contribution in [1.82, 2.24) is 4.98 Å². The Morgan fingerprint density at radius 3 is 2.65 bits per heavy atom. The van der Waals surface area contributed by atoms with Gasteiger partial charge in [0.25, 0.3) is 0 Å². The zero-order chi connectivity index (χ0) is 14.1. The fraction of sp³-hybridized carbons (Fsp3) is 0. The van der Waals surface area contributed by atoms with Crippen LogP contribution in [-0.4, -0.2) is 10.8 Å². The van der Waals surface area contributed by atoms with Crippen molar-refractivity contribution < 1.29 is 0 Å². The number of amidine groups is 1. The van der Waals surface area contributed by atoms with Gasteiger partial charge in [0.15, 0.2) is 0 Å². The Kier molecular flexibility index (Phi) is 3.42. The van der Waals surface area contributed by atoms with Crippen LogP contribution in [0.25, 0.3) is 10.9 Å². The van der Waals surface area contributed by atoms with Crippen LogP contribution in [0.15, 0.2) is 58.5 Å². The fourth-order valence-electron chi connectivity index (χ4n) is 1.97. The number of hydrogen-bond acceptors (Lipinski definition) is 2. The summed E-state index contributed by atoms with van der Waals surface area (Å²) >= 11 is 7.80. The third kappa shape index (κ3) is 2.53. The zero-order valence-corrected chi connectivity index (χ0v) is 12.1. The van der Waals surface area contributed by atoms with Gasteiger partial charge in [0.05, 0.1) is 10.0 Å². The van der Waals surface area contributed by atoms with Crippen LogP contribution in [0.1, 0.15) is 5.56 Å². The molecule has 20 heavy (non-hydrogen) atoms. The van der Waals surface area contributed by atoms with Gasteiger partial charge in [-0.05, 0) is 24.3 Å². The molecule has 0 saturated heterocycles. The van der Waals surface area contributed by atoms with Gasteiger partial charge in [0.2, 0.25) is 0 Å². The second kappa shape index (κ2) is 5.23. The second-order valence-electron chi connectivity index (χ2n) is 4.38. The molecule has 5 heteroatoms. The molecule has 3 rings (SSSR count). The van der Waals surface area contributed by atoms with E-state index >= 15 is 0 Å². The third-order valence-electron chi connectivity index (χ3n) is 2.97. The molecular formula is C15H12ClN3S. The smallest absolute Gasteiger partial charge is 0.122 e. The Bertz CT molecular complexity index is 762. The van der Waals surface area contributed by atoms with E-state index in [1.807, 2.05) is 24.3 Å². The number of halogens is 1. The molecule has 1 aromatic heterocycles. The lowest BCUT2D eigenvalue weighted by atomic mass is 10.2. The van der Waals surface area contributed by atoms with Gasteiger partial charge in [-0.15, -0.1) is 0 Å². The Hall–Kier alpha value is -1.91. The molecule has 0 radical (unpaired) electrons. The highest BCUT2D eigenvalue weighted by Gasteiger charge is 2.07. The topological polar surface area (TPSA) is 65.7 Å². The number of para-hydroxylation sites is 1. The maximum Gasteiger partial charge on any atom is 0.122 e. The fourth-order valence-corrected chi connectivity index (χ4v) is 3.14. The van der Waals surface area contributed by atoms with Crippen LogP contribution in [-0.2, 0) is 0 Å². The quantitative estimate of drug-likeness (QED) is 0.500. The molecule has 0 aliphatic heterocycles. The van der Waals surface area contributed by atoms with E-state index in [1.54, 1.807) is 23.9 Å². The number of aromatic nitrogens is 1. The summed E-state index contributed by atoms with van der Waals surface area (Å²) < 4.78 is 0. The Morgan fingerprint density at radius 2 is 1.95 bits per heavy atom. The summed E-state index contributed by atoms with van der Waals surface area (Å²) in [5.74, 6) is 0.0223. The van der Waals surface area contributed by atoms with Gasteiger partial charge in [-0.1, -0.05) is 47.6 Å². The monoisotopic (exact) mass is 301 g/mol. The van der Waals surface area contributed by atoms with Crippen LogP contribution < -0.4 is 5.73 Å². The van der Waals surface area contributed by atoms with E-state index in [2.05, 4.69) is 17.1 Å². The van der Waals surface area contributed by atoms with Gasteiger partial charge in [0.1, 0.15) is 5.84 Å². The number of nitrogen functional groups attached to an aromatic ring is 1. The van der Waals surface area contributed by atoms with Crippen molar-refractivity contribution in [3.05, 3.63) is 59.1 Å². The highest BCUT2D eigenvalue weighted by Crippen LogP contribution is 2.34. The summed E-state index contributed by atoms with van der Waals surface area (Å²) in [5.41, 5.74) is 7.19. The minimum absolute atomic E-state index is 0.0223. The van der Waals surface area contributed by atoms with Gasteiger partial charge in [-0.2, -0.15) is 0 Å². The Balaban J connectivity index is 1.92. The van der Waals surface area contributed by atoms with Crippen molar-refractivity contribution in [2.24, 2.45) is 5.73 Å². The number of nitrogens with two attached hydrogens (primary N) is 1. The molecule has 3 nitrogen and oxygen atoms in total. The third-order valence-corrected chi connectivity index (χ3v) is 4.41. The standard InChI is InChI=1S/C15H12ClN3S/c16-11-7-10(15(17)18)5-6-13(11)20-14-8-9-3-1-2-4-12(9)19-14/h1-8,19H,(H3,17,18). The first kappa shape index (κ1) is 13.1. The van der Waals surface area contributed by atoms with E-state index in [-0.39, 0.29) is 5.84 Å². The highest BCUT2D eigenvalue weighted by molar-refractivity contribution is 7.99. The van der Waals surface area contributed by atoms with E-state index < -0.39 is 0 Å². The van der Waals surface area contributed by atoms with Crippen molar-refractivity contribution >= 4 is 40.1 Å². The molecule has 3 aromatic rings. The highest BCUT2D eigenvalue weighted by atomic mass is 35.5. The first-order valence-corrected chi connectivity index (χ1v) is 7.22. The molecule has 1 heterocycles. The number of H-pyrrole nitrogens is 1. The molecule has 0 aliphatic carbocycles. The maximum atomic E-state index is 7.40. The molecule has 0 unspecified atom stereocenters. The van der Waals surface area contributed by atoms with E-state index in [0.29, 0.717) is 10.6 Å². The van der Waals surface area contributed by atoms with Crippen molar-refractivity contribution in [3.8, 4) is 0 Å². The summed E-state index contributed by atoms with van der Waals surface area (Å²) in [6.07, 6.45) is 0. The summed E-state index contributed by atoms with van der Waals surface area (Å²) in [6.45, 7) is 0. The van der Waals surface area contributed by atoms with E-state index in [0.717, 1.165) is 15.4 Å². The van der Waals surface area contributed by atoms with Gasteiger partial charge in [0, 0.05) is 21.4 Å². The second-order valence-corrected chi connectivity index (χ2v) is 5.87. The van der Waals surface area contributed by atoms with E-state index in [4.69, 9.17) is 22.7 Å². The lowest BCUT2D eigenvalue weighted by Crippen LogP contribution is -2.10. The van der Waals surface area contributed by atoms with E-state index in [1.165, 1.54) is 5.39 Å². The van der Waals surface area contributed by atoms with Crippen molar-refractivity contribution in [1.29, 1.82) is 5.41 Å². The number of nitrogens with one attached hydrogen (secondary N) is 2. The van der Waals surface area contributed by atoms with Crippen LogP contribution >= 0.6 is 23.4 Å². The van der Waals surface area contributed by atoms with Gasteiger partial charge in [-0.25, -0.2) is 0 Å². The molecule has 0 saturated carbocycles. The molecule has 0 fully saturated rings. The zero-order valence-electron chi connectivity index (χ0n) is 10.5. The summed E-state index contributed by atoms with van der Waals surface area (Å²) in [4.78, 5) is 4.28. The van der Waals surface area contributed by atoms with Crippen LogP contribution in [0.5, 0.6) is 0 Å². The molecule has 2 aromatic carbocycles. The predicted octanol–water partition coefficient (Wildman–Crippen LogP) is 4.26. The first-order chi connectivity index (χ1) is 9.63. The SMILES string of the molecule is N=C(N)c1ccc(Sc2cc3ccccc3[nH]2)c(Cl)c1. The molecular weight excluding hydrogens is 290 g/mol. The lowest BCUT2D eigenvalue weighted by molar-refractivity contribution is 1.23. The number of aromatic amines is 1. The normalized spacial score (nSPS) is 10.8. The first-order valence-electron chi connectivity index (χ1n) is 6.03. The number of benzene rings is 2. The Morgan fingerprint density at radius 1 is 1.15 bits per heavy atom. The number of hydrogen-bond donors (Lipinski definition) is 3. The number of fused-ring (bicyclic) bond motifs is 1. The minimum Gasteiger partial charge on any atom is -0.384 e. The van der Waals surface area contributed by atoms with Crippen LogP contribution in [0.2, 0.25) is 5.02 Å². The molecule has 0 atom stereocenters. The molecule has 4 N–H and O–H groups in total. The molecule has 0 bridgehead atoms. The van der Waals surface area contributed by atoms with Crippen molar-refractivity contribution in [3.63, 3.8) is 0 Å². The molecule has 100 valence electrons. The summed E-state index contributed by atoms with van der Waals surface area (Å²) in [5, 5.41) is 10.2. The number of rotatable bonds is 3. The van der Waals surface area contributed by atoms with Crippen molar-refractivity contribution in [2.45, 2.75) is 9.92 Å². The molecule has 0 spiro atoms. The minimum atomic E-state index is 0.0223. The average Bonchev–Trinajstić information content (AvgIpc) is 2.83. The van der Waals surface area contributed by atoms with Crippen LogP contribution in [0, 0.1) is 5.41 Å². The van der Waals surface area contributed by atoms with Crippen molar-refractivity contribution in [2.75, 3.05) is 0 Å². The average molecular weight is 302 g/mol.